The zero-order chi connectivity index (χ0) is 18.4. The van der Waals surface area contributed by atoms with Crippen LogP contribution in [0.25, 0.3) is 0 Å². The average Bonchev–Trinajstić information content (AvgIpc) is 2.56. The normalized spacial score (nSPS) is 10.6. The van der Waals surface area contributed by atoms with E-state index in [1.54, 1.807) is 36.4 Å². The monoisotopic (exact) mass is 361 g/mol. The quantitative estimate of drug-likeness (QED) is 0.766. The van der Waals surface area contributed by atoms with Crippen molar-refractivity contribution in [1.82, 2.24) is 0 Å². The highest BCUT2D eigenvalue weighted by atomic mass is 35.5. The van der Waals surface area contributed by atoms with E-state index in [-0.39, 0.29) is 24.0 Å². The van der Waals surface area contributed by atoms with Crippen LogP contribution in [0.4, 0.5) is 5.69 Å². The maximum absolute atomic E-state index is 12.3. The number of carbonyl (C=O) groups excluding carboxylic acids is 1. The molecule has 0 fully saturated rings. The molecular formula is C19H20ClNO4. The molecule has 0 aliphatic rings. The van der Waals surface area contributed by atoms with Crippen LogP contribution in [0.15, 0.2) is 42.5 Å². The van der Waals surface area contributed by atoms with Crippen molar-refractivity contribution in [2.45, 2.75) is 32.8 Å². The fourth-order valence-electron chi connectivity index (χ4n) is 2.37. The second-order valence-electron chi connectivity index (χ2n) is 5.79. The molecule has 2 aromatic carbocycles. The second-order valence-corrected chi connectivity index (χ2v) is 6.20. The van der Waals surface area contributed by atoms with Crippen LogP contribution < -0.4 is 10.1 Å². The molecule has 2 aromatic rings. The van der Waals surface area contributed by atoms with Gasteiger partial charge in [0.05, 0.1) is 22.4 Å². The lowest BCUT2D eigenvalue weighted by Crippen LogP contribution is -2.15. The summed E-state index contributed by atoms with van der Waals surface area (Å²) in [6.45, 7) is 3.75. The largest absolute Gasteiger partial charge is 0.487 e. The number of aromatic carboxylic acids is 1. The van der Waals surface area contributed by atoms with Gasteiger partial charge < -0.3 is 15.2 Å². The molecule has 0 bridgehead atoms. The number of hydrogen-bond donors (Lipinski definition) is 2. The van der Waals surface area contributed by atoms with Crippen molar-refractivity contribution in [2.24, 2.45) is 0 Å². The Balaban J connectivity index is 2.07. The first-order valence-electron chi connectivity index (χ1n) is 7.94. The van der Waals surface area contributed by atoms with E-state index in [1.807, 2.05) is 13.8 Å². The average molecular weight is 362 g/mol. The topological polar surface area (TPSA) is 75.6 Å². The number of ether oxygens (including phenoxy) is 1. The molecule has 2 N–H and O–H groups in total. The zero-order valence-corrected chi connectivity index (χ0v) is 14.8. The predicted molar refractivity (Wildman–Crippen MR) is 97.6 cm³/mol. The summed E-state index contributed by atoms with van der Waals surface area (Å²) < 4.78 is 5.67. The van der Waals surface area contributed by atoms with Crippen molar-refractivity contribution < 1.29 is 19.4 Å². The maximum Gasteiger partial charge on any atom is 0.335 e. The molecule has 0 aromatic heterocycles. The van der Waals surface area contributed by atoms with Crippen LogP contribution >= 0.6 is 11.6 Å². The van der Waals surface area contributed by atoms with E-state index in [1.165, 1.54) is 6.07 Å². The highest BCUT2D eigenvalue weighted by Gasteiger charge is 2.14. The van der Waals surface area contributed by atoms with E-state index >= 15 is 0 Å². The maximum atomic E-state index is 12.3. The summed E-state index contributed by atoms with van der Waals surface area (Å²) in [5.74, 6) is -0.812. The molecule has 5 nitrogen and oxygen atoms in total. The summed E-state index contributed by atoms with van der Waals surface area (Å²) in [5.41, 5.74) is 1.33. The molecule has 0 saturated carbocycles. The number of rotatable bonds is 7. The molecule has 0 spiro atoms. The first-order chi connectivity index (χ1) is 11.9. The lowest BCUT2D eigenvalue weighted by atomic mass is 10.0. The first kappa shape index (κ1) is 18.8. The number of amides is 1. The number of aryl methyl sites for hydroxylation is 1. The summed E-state index contributed by atoms with van der Waals surface area (Å²) in [5, 5.41) is 12.4. The van der Waals surface area contributed by atoms with Gasteiger partial charge in [0.25, 0.3) is 0 Å². The Hall–Kier alpha value is -2.53. The van der Waals surface area contributed by atoms with Gasteiger partial charge in [0.2, 0.25) is 5.91 Å². The van der Waals surface area contributed by atoms with Gasteiger partial charge in [-0.3, -0.25) is 4.79 Å². The third kappa shape index (κ3) is 5.22. The van der Waals surface area contributed by atoms with Crippen LogP contribution in [0.2, 0.25) is 5.02 Å². The van der Waals surface area contributed by atoms with Crippen LogP contribution in [0.5, 0.6) is 5.75 Å². The SMILES string of the molecule is CC(C)Oc1c(Cl)cccc1NC(=O)CCc1ccccc1C(=O)O. The molecule has 0 heterocycles. The lowest BCUT2D eigenvalue weighted by molar-refractivity contribution is -0.116. The molecule has 0 unspecified atom stereocenters. The van der Waals surface area contributed by atoms with Crippen molar-refractivity contribution in [1.29, 1.82) is 0 Å². The molecule has 0 aliphatic carbocycles. The van der Waals surface area contributed by atoms with Gasteiger partial charge in [-0.15, -0.1) is 0 Å². The van der Waals surface area contributed by atoms with Gasteiger partial charge in [-0.25, -0.2) is 4.79 Å². The summed E-state index contributed by atoms with van der Waals surface area (Å²) in [4.78, 5) is 23.5. The number of nitrogens with one attached hydrogen (secondary N) is 1. The summed E-state index contributed by atoms with van der Waals surface area (Å²) in [6.07, 6.45) is 0.394. The number of carboxylic acids is 1. The third-order valence-corrected chi connectivity index (χ3v) is 3.76. The number of hydrogen-bond acceptors (Lipinski definition) is 3. The highest BCUT2D eigenvalue weighted by molar-refractivity contribution is 6.32. The van der Waals surface area contributed by atoms with Gasteiger partial charge >= 0.3 is 5.97 Å². The Bertz CT molecular complexity index is 774. The smallest absolute Gasteiger partial charge is 0.335 e. The summed E-state index contributed by atoms with van der Waals surface area (Å²) in [7, 11) is 0. The summed E-state index contributed by atoms with van der Waals surface area (Å²) >= 11 is 6.14. The van der Waals surface area contributed by atoms with Gasteiger partial charge in [-0.2, -0.15) is 0 Å². The second kappa shape index (κ2) is 8.53. The Labute approximate surface area is 151 Å². The van der Waals surface area contributed by atoms with Gasteiger partial charge in [0, 0.05) is 6.42 Å². The van der Waals surface area contributed by atoms with Crippen molar-refractivity contribution >= 4 is 29.2 Å². The number of para-hydroxylation sites is 1. The molecule has 0 atom stereocenters. The van der Waals surface area contributed by atoms with Gasteiger partial charge in [-0.1, -0.05) is 35.9 Å². The Morgan fingerprint density at radius 1 is 1.16 bits per heavy atom. The van der Waals surface area contributed by atoms with Gasteiger partial charge in [0.1, 0.15) is 0 Å². The summed E-state index contributed by atoms with van der Waals surface area (Å²) in [6, 6.07) is 11.8. The molecule has 25 heavy (non-hydrogen) atoms. The van der Waals surface area contributed by atoms with E-state index < -0.39 is 5.97 Å². The standard InChI is InChI=1S/C19H20ClNO4/c1-12(2)25-18-15(20)8-5-9-16(18)21-17(22)11-10-13-6-3-4-7-14(13)19(23)24/h3-9,12H,10-11H2,1-2H3,(H,21,22)(H,23,24). The van der Waals surface area contributed by atoms with Gasteiger partial charge in [0.15, 0.2) is 5.75 Å². The van der Waals surface area contributed by atoms with Crippen molar-refractivity contribution in [3.63, 3.8) is 0 Å². The van der Waals surface area contributed by atoms with Crippen molar-refractivity contribution in [3.8, 4) is 5.75 Å². The molecule has 2 rings (SSSR count). The predicted octanol–water partition coefficient (Wildman–Crippen LogP) is 4.40. The van der Waals surface area contributed by atoms with Crippen LogP contribution in [0.1, 0.15) is 36.2 Å². The minimum absolute atomic E-state index is 0.0852. The number of halogens is 1. The van der Waals surface area contributed by atoms with Crippen LogP contribution in [0.3, 0.4) is 0 Å². The lowest BCUT2D eigenvalue weighted by Gasteiger charge is -2.16. The Morgan fingerprint density at radius 2 is 1.88 bits per heavy atom. The number of carboxylic acid groups (broad SMARTS) is 1. The Morgan fingerprint density at radius 3 is 2.56 bits per heavy atom. The Kier molecular flexibility index (Phi) is 6.42. The highest BCUT2D eigenvalue weighted by Crippen LogP contribution is 2.33. The van der Waals surface area contributed by atoms with Crippen molar-refractivity contribution in [2.75, 3.05) is 5.32 Å². The molecule has 6 heteroatoms. The van der Waals surface area contributed by atoms with Crippen LogP contribution in [0, 0.1) is 0 Å². The fraction of sp³-hybridized carbons (Fsp3) is 0.263. The van der Waals surface area contributed by atoms with E-state index in [0.29, 0.717) is 28.4 Å². The van der Waals surface area contributed by atoms with E-state index in [0.717, 1.165) is 0 Å². The molecule has 1 amide bonds. The number of anilines is 1. The molecular weight excluding hydrogens is 342 g/mol. The minimum atomic E-state index is -1.00. The molecule has 0 aliphatic heterocycles. The fourth-order valence-corrected chi connectivity index (χ4v) is 2.59. The molecule has 0 radical (unpaired) electrons. The van der Waals surface area contributed by atoms with Gasteiger partial charge in [-0.05, 0) is 44.0 Å². The first-order valence-corrected chi connectivity index (χ1v) is 8.32. The molecule has 0 saturated heterocycles. The van der Waals surface area contributed by atoms with Crippen LogP contribution in [-0.4, -0.2) is 23.1 Å². The van der Waals surface area contributed by atoms with Crippen LogP contribution in [-0.2, 0) is 11.2 Å². The number of carbonyl (C=O) groups is 2. The zero-order valence-electron chi connectivity index (χ0n) is 14.1. The van der Waals surface area contributed by atoms with Crippen molar-refractivity contribution in [3.05, 3.63) is 58.6 Å². The third-order valence-electron chi connectivity index (χ3n) is 3.46. The van der Waals surface area contributed by atoms with E-state index in [9.17, 15) is 14.7 Å². The minimum Gasteiger partial charge on any atom is -0.487 e. The van der Waals surface area contributed by atoms with E-state index in [2.05, 4.69) is 5.32 Å². The molecule has 132 valence electrons. The number of benzene rings is 2. The van der Waals surface area contributed by atoms with E-state index in [4.69, 9.17) is 16.3 Å².